The minimum Gasteiger partial charge on any atom is -0.397 e. The van der Waals surface area contributed by atoms with Crippen molar-refractivity contribution >= 4 is 28.1 Å². The highest BCUT2D eigenvalue weighted by molar-refractivity contribution is 6.04. The van der Waals surface area contributed by atoms with E-state index in [0.717, 1.165) is 16.5 Å². The number of aromatic nitrogens is 1. The Labute approximate surface area is 110 Å². The molecular weight excluding hydrogens is 238 g/mol. The summed E-state index contributed by atoms with van der Waals surface area (Å²) >= 11 is 0. The largest absolute Gasteiger partial charge is 0.397 e. The number of nitrogens with two attached hydrogens (primary N) is 1. The number of anilines is 2. The van der Waals surface area contributed by atoms with E-state index in [1.54, 1.807) is 12.3 Å². The number of nitrogens with one attached hydrogen (secondary N) is 2. The second-order valence-corrected chi connectivity index (χ2v) is 4.36. The van der Waals surface area contributed by atoms with Crippen molar-refractivity contribution in [3.05, 3.63) is 60.4 Å². The maximum atomic E-state index is 12.0. The van der Waals surface area contributed by atoms with E-state index in [1.807, 2.05) is 42.5 Å². The molecule has 4 nitrogen and oxygen atoms in total. The molecule has 4 heteroatoms. The lowest BCUT2D eigenvalue weighted by Crippen LogP contribution is -2.12. The normalized spacial score (nSPS) is 10.5. The zero-order valence-corrected chi connectivity index (χ0v) is 10.2. The summed E-state index contributed by atoms with van der Waals surface area (Å²) in [5.74, 6) is -0.202. The van der Waals surface area contributed by atoms with Crippen LogP contribution in [0.25, 0.3) is 10.8 Å². The molecule has 3 aromatic rings. The maximum Gasteiger partial charge on any atom is 0.272 e. The van der Waals surface area contributed by atoms with Gasteiger partial charge in [0.05, 0.1) is 0 Å². The maximum absolute atomic E-state index is 12.0. The fourth-order valence-electron chi connectivity index (χ4n) is 2.01. The van der Waals surface area contributed by atoms with Crippen LogP contribution in [0.4, 0.5) is 11.4 Å². The number of carbonyl (C=O) groups excluding carboxylic acids is 1. The summed E-state index contributed by atoms with van der Waals surface area (Å²) in [6.07, 6.45) is 1.59. The number of nitrogen functional groups attached to an aromatic ring is 1. The molecule has 2 aromatic carbocycles. The van der Waals surface area contributed by atoms with E-state index in [2.05, 4.69) is 10.3 Å². The fourth-order valence-corrected chi connectivity index (χ4v) is 2.01. The first kappa shape index (κ1) is 11.3. The fraction of sp³-hybridized carbons (Fsp3) is 0. The Bertz CT molecular complexity index is 746. The predicted octanol–water partition coefficient (Wildman–Crippen LogP) is 3.00. The van der Waals surface area contributed by atoms with Crippen LogP contribution in [0.1, 0.15) is 10.5 Å². The van der Waals surface area contributed by atoms with Crippen LogP contribution >= 0.6 is 0 Å². The zero-order valence-electron chi connectivity index (χ0n) is 10.2. The third kappa shape index (κ3) is 2.28. The molecule has 1 heterocycles. The molecular formula is C15H13N3O. The van der Waals surface area contributed by atoms with E-state index in [0.29, 0.717) is 11.4 Å². The number of hydrogen-bond acceptors (Lipinski definition) is 2. The standard InChI is InChI=1S/C15H13N3O/c16-12-8-14(17-9-12)15(19)18-13-6-5-10-3-1-2-4-11(10)7-13/h1-9,17H,16H2,(H,18,19). The first-order valence-corrected chi connectivity index (χ1v) is 5.96. The van der Waals surface area contributed by atoms with Crippen LogP contribution in [-0.4, -0.2) is 10.9 Å². The summed E-state index contributed by atoms with van der Waals surface area (Å²) in [4.78, 5) is 14.8. The Morgan fingerprint density at radius 3 is 2.58 bits per heavy atom. The van der Waals surface area contributed by atoms with Crippen molar-refractivity contribution in [3.63, 3.8) is 0 Å². The molecule has 0 spiro atoms. The summed E-state index contributed by atoms with van der Waals surface area (Å²) in [5.41, 5.74) is 7.33. The summed E-state index contributed by atoms with van der Waals surface area (Å²) in [5, 5.41) is 5.07. The Kier molecular flexibility index (Phi) is 2.68. The van der Waals surface area contributed by atoms with Crippen LogP contribution in [0, 0.1) is 0 Å². The topological polar surface area (TPSA) is 70.9 Å². The van der Waals surface area contributed by atoms with Crippen molar-refractivity contribution in [3.8, 4) is 0 Å². The number of hydrogen-bond donors (Lipinski definition) is 3. The number of amides is 1. The van der Waals surface area contributed by atoms with E-state index in [1.165, 1.54) is 0 Å². The van der Waals surface area contributed by atoms with Gasteiger partial charge in [-0.25, -0.2) is 0 Å². The second kappa shape index (κ2) is 4.49. The van der Waals surface area contributed by atoms with E-state index in [4.69, 9.17) is 5.73 Å². The van der Waals surface area contributed by atoms with Crippen LogP contribution in [0.5, 0.6) is 0 Å². The smallest absolute Gasteiger partial charge is 0.272 e. The Morgan fingerprint density at radius 1 is 1.05 bits per heavy atom. The van der Waals surface area contributed by atoms with Crippen molar-refractivity contribution in [1.82, 2.24) is 4.98 Å². The summed E-state index contributed by atoms with van der Waals surface area (Å²) < 4.78 is 0. The molecule has 1 amide bonds. The van der Waals surface area contributed by atoms with Crippen LogP contribution in [0.15, 0.2) is 54.7 Å². The average molecular weight is 251 g/mol. The van der Waals surface area contributed by atoms with Gasteiger partial charge in [0.1, 0.15) is 5.69 Å². The molecule has 0 unspecified atom stereocenters. The molecule has 0 aliphatic heterocycles. The van der Waals surface area contributed by atoms with Crippen LogP contribution in [0.3, 0.4) is 0 Å². The van der Waals surface area contributed by atoms with Gasteiger partial charge >= 0.3 is 0 Å². The summed E-state index contributed by atoms with van der Waals surface area (Å²) in [7, 11) is 0. The van der Waals surface area contributed by atoms with Crippen molar-refractivity contribution < 1.29 is 4.79 Å². The molecule has 94 valence electrons. The minimum atomic E-state index is -0.202. The predicted molar refractivity (Wildman–Crippen MR) is 77.1 cm³/mol. The monoisotopic (exact) mass is 251 g/mol. The van der Waals surface area contributed by atoms with Gasteiger partial charge in [0.25, 0.3) is 5.91 Å². The number of H-pyrrole nitrogens is 1. The van der Waals surface area contributed by atoms with Crippen molar-refractivity contribution in [1.29, 1.82) is 0 Å². The van der Waals surface area contributed by atoms with Gasteiger partial charge in [0.2, 0.25) is 0 Å². The first-order valence-electron chi connectivity index (χ1n) is 5.96. The molecule has 0 bridgehead atoms. The SMILES string of the molecule is Nc1c[nH]c(C(=O)Nc2ccc3ccccc3c2)c1. The molecule has 3 rings (SSSR count). The van der Waals surface area contributed by atoms with E-state index in [9.17, 15) is 4.79 Å². The van der Waals surface area contributed by atoms with Crippen molar-refractivity contribution in [2.24, 2.45) is 0 Å². The highest BCUT2D eigenvalue weighted by atomic mass is 16.1. The van der Waals surface area contributed by atoms with E-state index in [-0.39, 0.29) is 5.91 Å². The number of fused-ring (bicyclic) bond motifs is 1. The zero-order chi connectivity index (χ0) is 13.2. The first-order chi connectivity index (χ1) is 9.22. The number of aromatic amines is 1. The van der Waals surface area contributed by atoms with Gasteiger partial charge in [-0.05, 0) is 29.0 Å². The number of carbonyl (C=O) groups is 1. The molecule has 1 aromatic heterocycles. The van der Waals surface area contributed by atoms with Gasteiger partial charge in [-0.1, -0.05) is 30.3 Å². The molecule has 0 saturated carbocycles. The summed E-state index contributed by atoms with van der Waals surface area (Å²) in [6.45, 7) is 0. The van der Waals surface area contributed by atoms with Gasteiger partial charge in [0.15, 0.2) is 0 Å². The van der Waals surface area contributed by atoms with Crippen LogP contribution in [-0.2, 0) is 0 Å². The van der Waals surface area contributed by atoms with Crippen molar-refractivity contribution in [2.45, 2.75) is 0 Å². The molecule has 0 atom stereocenters. The molecule has 0 aliphatic rings. The minimum absolute atomic E-state index is 0.202. The lowest BCUT2D eigenvalue weighted by atomic mass is 10.1. The highest BCUT2D eigenvalue weighted by Crippen LogP contribution is 2.19. The lowest BCUT2D eigenvalue weighted by molar-refractivity contribution is 0.102. The Morgan fingerprint density at radius 2 is 1.84 bits per heavy atom. The van der Waals surface area contributed by atoms with Gasteiger partial charge in [-0.15, -0.1) is 0 Å². The molecule has 4 N–H and O–H groups in total. The van der Waals surface area contributed by atoms with Crippen molar-refractivity contribution in [2.75, 3.05) is 11.1 Å². The third-order valence-electron chi connectivity index (χ3n) is 2.96. The second-order valence-electron chi connectivity index (χ2n) is 4.36. The summed E-state index contributed by atoms with van der Waals surface area (Å²) in [6, 6.07) is 15.4. The van der Waals surface area contributed by atoms with Crippen LogP contribution < -0.4 is 11.1 Å². The molecule has 19 heavy (non-hydrogen) atoms. The Balaban J connectivity index is 1.87. The number of rotatable bonds is 2. The van der Waals surface area contributed by atoms with Crippen LogP contribution in [0.2, 0.25) is 0 Å². The average Bonchev–Trinajstić information content (AvgIpc) is 2.85. The molecule has 0 radical (unpaired) electrons. The lowest BCUT2D eigenvalue weighted by Gasteiger charge is -2.05. The van der Waals surface area contributed by atoms with Gasteiger partial charge in [0, 0.05) is 17.6 Å². The van der Waals surface area contributed by atoms with Gasteiger partial charge in [-0.3, -0.25) is 4.79 Å². The quantitative estimate of drug-likeness (QED) is 0.655. The highest BCUT2D eigenvalue weighted by Gasteiger charge is 2.08. The molecule has 0 saturated heterocycles. The number of benzene rings is 2. The van der Waals surface area contributed by atoms with E-state index < -0.39 is 0 Å². The third-order valence-corrected chi connectivity index (χ3v) is 2.96. The van der Waals surface area contributed by atoms with Gasteiger partial charge < -0.3 is 16.0 Å². The molecule has 0 aliphatic carbocycles. The van der Waals surface area contributed by atoms with E-state index >= 15 is 0 Å². The van der Waals surface area contributed by atoms with Gasteiger partial charge in [-0.2, -0.15) is 0 Å². The Hall–Kier alpha value is -2.75. The molecule has 0 fully saturated rings.